The maximum atomic E-state index is 13.1. The Morgan fingerprint density at radius 2 is 1.47 bits per heavy atom. The molecular weight excluding hydrogens is 396 g/mol. The quantitative estimate of drug-likeness (QED) is 0.402. The van der Waals surface area contributed by atoms with Crippen molar-refractivity contribution in [3.8, 4) is 0 Å². The summed E-state index contributed by atoms with van der Waals surface area (Å²) in [5.41, 5.74) is 2.70. The number of benzene rings is 3. The van der Waals surface area contributed by atoms with Crippen molar-refractivity contribution in [1.82, 2.24) is 0 Å². The number of thioether (sulfide) groups is 1. The predicted molar refractivity (Wildman–Crippen MR) is 121 cm³/mol. The minimum atomic E-state index is -0.487. The lowest BCUT2D eigenvalue weighted by molar-refractivity contribution is -0.116. The molecule has 0 saturated carbocycles. The molecule has 2 amide bonds. The molecule has 0 radical (unpaired) electrons. The van der Waals surface area contributed by atoms with E-state index >= 15 is 0 Å². The second-order valence-electron chi connectivity index (χ2n) is 6.74. The summed E-state index contributed by atoms with van der Waals surface area (Å²) in [6.07, 6.45) is 0. The fourth-order valence-electron chi connectivity index (χ4n) is 2.88. The van der Waals surface area contributed by atoms with Gasteiger partial charge in [0.1, 0.15) is 5.25 Å². The topological polar surface area (TPSA) is 75.3 Å². The maximum Gasteiger partial charge on any atom is 0.242 e. The Kier molecular flexibility index (Phi) is 7.03. The fraction of sp³-hybridized carbons (Fsp3) is 0.125. The molecule has 0 saturated heterocycles. The zero-order chi connectivity index (χ0) is 21.5. The van der Waals surface area contributed by atoms with E-state index in [4.69, 9.17) is 0 Å². The molecular formula is C24H22N2O3S. The van der Waals surface area contributed by atoms with Crippen LogP contribution in [-0.2, 0) is 9.59 Å². The highest BCUT2D eigenvalue weighted by Gasteiger charge is 2.22. The van der Waals surface area contributed by atoms with Crippen molar-refractivity contribution in [1.29, 1.82) is 0 Å². The Balaban J connectivity index is 1.82. The molecule has 0 aromatic heterocycles. The van der Waals surface area contributed by atoms with Crippen LogP contribution in [0.5, 0.6) is 0 Å². The lowest BCUT2D eigenvalue weighted by Crippen LogP contribution is -2.19. The van der Waals surface area contributed by atoms with Gasteiger partial charge in [-0.05, 0) is 48.9 Å². The van der Waals surface area contributed by atoms with Gasteiger partial charge in [0.2, 0.25) is 11.8 Å². The van der Waals surface area contributed by atoms with Gasteiger partial charge >= 0.3 is 0 Å². The Morgan fingerprint density at radius 1 is 0.767 bits per heavy atom. The number of amides is 2. The summed E-state index contributed by atoms with van der Waals surface area (Å²) in [6, 6.07) is 23.8. The van der Waals surface area contributed by atoms with E-state index in [0.717, 1.165) is 10.5 Å². The summed E-state index contributed by atoms with van der Waals surface area (Å²) in [5, 5.41) is 5.17. The molecule has 0 heterocycles. The number of hydrogen-bond donors (Lipinski definition) is 2. The van der Waals surface area contributed by atoms with Crippen molar-refractivity contribution in [2.75, 3.05) is 10.6 Å². The molecule has 0 aliphatic carbocycles. The van der Waals surface area contributed by atoms with E-state index in [9.17, 15) is 14.4 Å². The van der Waals surface area contributed by atoms with Gasteiger partial charge in [0.05, 0.1) is 0 Å². The molecule has 0 spiro atoms. The van der Waals surface area contributed by atoms with Crippen molar-refractivity contribution in [2.24, 2.45) is 0 Å². The van der Waals surface area contributed by atoms with Gasteiger partial charge in [-0.3, -0.25) is 14.4 Å². The highest BCUT2D eigenvalue weighted by Crippen LogP contribution is 2.36. The van der Waals surface area contributed by atoms with Gasteiger partial charge < -0.3 is 10.6 Å². The Hall–Kier alpha value is -3.38. The van der Waals surface area contributed by atoms with E-state index < -0.39 is 5.25 Å². The van der Waals surface area contributed by atoms with Crippen LogP contribution in [0.4, 0.5) is 11.4 Å². The Bertz CT molecular complexity index is 1050. The number of carbonyl (C=O) groups is 3. The van der Waals surface area contributed by atoms with Crippen LogP contribution in [0, 0.1) is 0 Å². The fourth-order valence-corrected chi connectivity index (χ4v) is 3.91. The van der Waals surface area contributed by atoms with E-state index in [1.165, 1.54) is 25.6 Å². The van der Waals surface area contributed by atoms with Crippen LogP contribution in [0.25, 0.3) is 0 Å². The molecule has 30 heavy (non-hydrogen) atoms. The Morgan fingerprint density at radius 3 is 2.10 bits per heavy atom. The largest absolute Gasteiger partial charge is 0.326 e. The summed E-state index contributed by atoms with van der Waals surface area (Å²) in [7, 11) is 0. The van der Waals surface area contributed by atoms with E-state index in [1.54, 1.807) is 36.4 Å². The van der Waals surface area contributed by atoms with E-state index in [2.05, 4.69) is 10.6 Å². The molecule has 3 aromatic rings. The third-order valence-electron chi connectivity index (χ3n) is 4.31. The summed E-state index contributed by atoms with van der Waals surface area (Å²) >= 11 is 1.42. The molecule has 3 aromatic carbocycles. The minimum Gasteiger partial charge on any atom is -0.326 e. The highest BCUT2D eigenvalue weighted by atomic mass is 32.2. The van der Waals surface area contributed by atoms with Crippen LogP contribution in [-0.4, -0.2) is 17.6 Å². The standard InChI is InChI=1S/C24H22N2O3S/c1-16(27)19-9-6-10-21(15-19)26-24(29)23(18-7-4-3-5-8-18)30-22-13-11-20(12-14-22)25-17(2)28/h3-15,23H,1-2H3,(H,25,28)(H,26,29). The molecule has 1 atom stereocenters. The molecule has 152 valence electrons. The predicted octanol–water partition coefficient (Wildman–Crippen LogP) is 5.32. The van der Waals surface area contributed by atoms with Crippen molar-refractivity contribution in [2.45, 2.75) is 24.0 Å². The van der Waals surface area contributed by atoms with Crippen molar-refractivity contribution in [3.05, 3.63) is 90.0 Å². The molecule has 0 aliphatic heterocycles. The van der Waals surface area contributed by atoms with Gasteiger partial charge in [0.25, 0.3) is 0 Å². The molecule has 3 rings (SSSR count). The molecule has 0 aliphatic rings. The number of ketones is 1. The molecule has 0 bridgehead atoms. The first-order chi connectivity index (χ1) is 14.4. The van der Waals surface area contributed by atoms with Crippen molar-refractivity contribution >= 4 is 40.7 Å². The summed E-state index contributed by atoms with van der Waals surface area (Å²) in [5.74, 6) is -0.373. The van der Waals surface area contributed by atoms with Gasteiger partial charge in [0.15, 0.2) is 5.78 Å². The smallest absolute Gasteiger partial charge is 0.242 e. The SMILES string of the molecule is CC(=O)Nc1ccc(SC(C(=O)Nc2cccc(C(C)=O)c2)c2ccccc2)cc1. The third-order valence-corrected chi connectivity index (χ3v) is 5.57. The van der Waals surface area contributed by atoms with E-state index in [0.29, 0.717) is 16.9 Å². The Labute approximate surface area is 179 Å². The van der Waals surface area contributed by atoms with Gasteiger partial charge in [-0.1, -0.05) is 42.5 Å². The molecule has 5 nitrogen and oxygen atoms in total. The zero-order valence-electron chi connectivity index (χ0n) is 16.7. The second-order valence-corrected chi connectivity index (χ2v) is 7.92. The maximum absolute atomic E-state index is 13.1. The van der Waals surface area contributed by atoms with Gasteiger partial charge in [-0.15, -0.1) is 11.8 Å². The molecule has 0 fully saturated rings. The minimum absolute atomic E-state index is 0.0562. The van der Waals surface area contributed by atoms with Crippen LogP contribution < -0.4 is 10.6 Å². The van der Waals surface area contributed by atoms with E-state index in [-0.39, 0.29) is 17.6 Å². The first kappa shape index (κ1) is 21.3. The lowest BCUT2D eigenvalue weighted by Gasteiger charge is -2.17. The number of Topliss-reactive ketones (excluding diaryl/α,β-unsaturated/α-hetero) is 1. The van der Waals surface area contributed by atoms with Gasteiger partial charge in [0, 0.05) is 28.8 Å². The van der Waals surface area contributed by atoms with Crippen LogP contribution >= 0.6 is 11.8 Å². The summed E-state index contributed by atoms with van der Waals surface area (Å²) in [4.78, 5) is 36.9. The molecule has 6 heteroatoms. The average Bonchev–Trinajstić information content (AvgIpc) is 2.73. The zero-order valence-corrected chi connectivity index (χ0v) is 17.5. The van der Waals surface area contributed by atoms with Crippen LogP contribution in [0.15, 0.2) is 83.8 Å². The number of anilines is 2. The average molecular weight is 419 g/mol. The number of hydrogen-bond acceptors (Lipinski definition) is 4. The first-order valence-electron chi connectivity index (χ1n) is 9.43. The lowest BCUT2D eigenvalue weighted by atomic mass is 10.1. The number of carbonyl (C=O) groups excluding carboxylic acids is 3. The van der Waals surface area contributed by atoms with Crippen LogP contribution in [0.2, 0.25) is 0 Å². The summed E-state index contributed by atoms with van der Waals surface area (Å²) < 4.78 is 0. The normalized spacial score (nSPS) is 11.4. The first-order valence-corrected chi connectivity index (χ1v) is 10.3. The monoisotopic (exact) mass is 418 g/mol. The summed E-state index contributed by atoms with van der Waals surface area (Å²) in [6.45, 7) is 2.95. The number of rotatable bonds is 7. The van der Waals surface area contributed by atoms with Crippen molar-refractivity contribution in [3.63, 3.8) is 0 Å². The van der Waals surface area contributed by atoms with Crippen molar-refractivity contribution < 1.29 is 14.4 Å². The highest BCUT2D eigenvalue weighted by molar-refractivity contribution is 8.00. The van der Waals surface area contributed by atoms with Gasteiger partial charge in [-0.25, -0.2) is 0 Å². The molecule has 1 unspecified atom stereocenters. The number of nitrogens with one attached hydrogen (secondary N) is 2. The van der Waals surface area contributed by atoms with Crippen LogP contribution in [0.1, 0.15) is 35.0 Å². The van der Waals surface area contributed by atoms with Gasteiger partial charge in [-0.2, -0.15) is 0 Å². The molecule has 2 N–H and O–H groups in total. The third kappa shape index (κ3) is 5.81. The second kappa shape index (κ2) is 9.89. The van der Waals surface area contributed by atoms with E-state index in [1.807, 2.05) is 42.5 Å². The van der Waals surface area contributed by atoms with Crippen LogP contribution in [0.3, 0.4) is 0 Å².